The van der Waals surface area contributed by atoms with Gasteiger partial charge in [-0.15, -0.1) is 0 Å². The van der Waals surface area contributed by atoms with Crippen molar-refractivity contribution in [2.24, 2.45) is 0 Å². The third-order valence-electron chi connectivity index (χ3n) is 1.59. The van der Waals surface area contributed by atoms with Crippen LogP contribution in [-0.4, -0.2) is 9.97 Å². The zero-order valence-corrected chi connectivity index (χ0v) is 9.17. The summed E-state index contributed by atoms with van der Waals surface area (Å²) >= 11 is 5.78. The van der Waals surface area contributed by atoms with Crippen LogP contribution in [0.1, 0.15) is 25.2 Å². The first-order valence-electron chi connectivity index (χ1n) is 4.42. The van der Waals surface area contributed by atoms with E-state index in [4.69, 9.17) is 11.6 Å². The van der Waals surface area contributed by atoms with Gasteiger partial charge < -0.3 is 0 Å². The van der Waals surface area contributed by atoms with Gasteiger partial charge in [-0.3, -0.25) is 0 Å². The first-order chi connectivity index (χ1) is 6.61. The molecule has 0 aliphatic heterocycles. The molecule has 0 bridgehead atoms. The Morgan fingerprint density at radius 3 is 2.86 bits per heavy atom. The monoisotopic (exact) mass is 208 g/mol. The average Bonchev–Trinajstić information content (AvgIpc) is 2.01. The summed E-state index contributed by atoms with van der Waals surface area (Å²) in [4.78, 5) is 8.18. The van der Waals surface area contributed by atoms with Gasteiger partial charge in [-0.05, 0) is 37.6 Å². The standard InChI is InChI=1S/C11H13ClN2/c1-4-5-9-7-10(6-8(2)3)14-11(12)13-9/h4-5,7H,2,6H2,1,3H3. The quantitative estimate of drug-likeness (QED) is 0.563. The van der Waals surface area contributed by atoms with E-state index in [-0.39, 0.29) is 5.28 Å². The van der Waals surface area contributed by atoms with Crippen molar-refractivity contribution in [3.63, 3.8) is 0 Å². The lowest BCUT2D eigenvalue weighted by molar-refractivity contribution is 1.01. The number of hydrogen-bond donors (Lipinski definition) is 0. The van der Waals surface area contributed by atoms with Crippen molar-refractivity contribution >= 4 is 17.7 Å². The maximum Gasteiger partial charge on any atom is 0.223 e. The van der Waals surface area contributed by atoms with Crippen LogP contribution in [0.15, 0.2) is 24.3 Å². The van der Waals surface area contributed by atoms with Crippen LogP contribution in [0.25, 0.3) is 6.08 Å². The summed E-state index contributed by atoms with van der Waals surface area (Å²) < 4.78 is 0. The van der Waals surface area contributed by atoms with Crippen LogP contribution < -0.4 is 0 Å². The molecule has 0 fully saturated rings. The minimum atomic E-state index is 0.289. The topological polar surface area (TPSA) is 25.8 Å². The molecule has 0 aliphatic rings. The van der Waals surface area contributed by atoms with Gasteiger partial charge in [0.2, 0.25) is 5.28 Å². The molecular formula is C11H13ClN2. The number of aromatic nitrogens is 2. The van der Waals surface area contributed by atoms with Crippen LogP contribution >= 0.6 is 11.6 Å². The van der Waals surface area contributed by atoms with Gasteiger partial charge in [0.25, 0.3) is 0 Å². The fraction of sp³-hybridized carbons (Fsp3) is 0.273. The van der Waals surface area contributed by atoms with Crippen LogP contribution in [0.3, 0.4) is 0 Å². The summed E-state index contributed by atoms with van der Waals surface area (Å²) in [5, 5.41) is 0.289. The first kappa shape index (κ1) is 10.9. The Bertz CT molecular complexity index is 370. The molecule has 0 saturated heterocycles. The van der Waals surface area contributed by atoms with Gasteiger partial charge in [0.05, 0.1) is 5.69 Å². The highest BCUT2D eigenvalue weighted by Gasteiger charge is 2.00. The summed E-state index contributed by atoms with van der Waals surface area (Å²) in [7, 11) is 0. The van der Waals surface area contributed by atoms with E-state index in [1.54, 1.807) is 0 Å². The summed E-state index contributed by atoms with van der Waals surface area (Å²) in [6.07, 6.45) is 4.56. The highest BCUT2D eigenvalue weighted by atomic mass is 35.5. The first-order valence-corrected chi connectivity index (χ1v) is 4.80. The summed E-state index contributed by atoms with van der Waals surface area (Å²) in [5.41, 5.74) is 2.81. The maximum absolute atomic E-state index is 5.78. The third kappa shape index (κ3) is 3.30. The molecule has 3 heteroatoms. The van der Waals surface area contributed by atoms with E-state index in [1.165, 1.54) is 0 Å². The van der Waals surface area contributed by atoms with Crippen molar-refractivity contribution in [2.45, 2.75) is 20.3 Å². The molecular weight excluding hydrogens is 196 g/mol. The van der Waals surface area contributed by atoms with Gasteiger partial charge in [0.15, 0.2) is 0 Å². The van der Waals surface area contributed by atoms with E-state index in [0.717, 1.165) is 23.4 Å². The highest BCUT2D eigenvalue weighted by molar-refractivity contribution is 6.28. The SMILES string of the molecule is C=C(C)Cc1cc(C=CC)nc(Cl)n1. The van der Waals surface area contributed by atoms with Crippen LogP contribution in [-0.2, 0) is 6.42 Å². The molecule has 0 aliphatic carbocycles. The van der Waals surface area contributed by atoms with Crippen molar-refractivity contribution in [3.8, 4) is 0 Å². The second-order valence-electron chi connectivity index (χ2n) is 3.19. The molecule has 74 valence electrons. The normalized spacial score (nSPS) is 10.8. The molecule has 0 N–H and O–H groups in total. The zero-order chi connectivity index (χ0) is 10.6. The summed E-state index contributed by atoms with van der Waals surface area (Å²) in [6, 6.07) is 1.92. The lowest BCUT2D eigenvalue weighted by Crippen LogP contribution is -1.95. The van der Waals surface area contributed by atoms with Crippen molar-refractivity contribution in [1.29, 1.82) is 0 Å². The molecule has 0 saturated carbocycles. The fourth-order valence-electron chi connectivity index (χ4n) is 1.14. The van der Waals surface area contributed by atoms with Crippen molar-refractivity contribution in [1.82, 2.24) is 9.97 Å². The minimum Gasteiger partial charge on any atom is -0.223 e. The molecule has 0 spiro atoms. The van der Waals surface area contributed by atoms with Crippen LogP contribution in [0, 0.1) is 0 Å². The minimum absolute atomic E-state index is 0.289. The van der Waals surface area contributed by atoms with Crippen molar-refractivity contribution in [3.05, 3.63) is 41.0 Å². The predicted octanol–water partition coefficient (Wildman–Crippen LogP) is 3.28. The molecule has 0 atom stereocenters. The van der Waals surface area contributed by atoms with Gasteiger partial charge in [-0.25, -0.2) is 9.97 Å². The van der Waals surface area contributed by atoms with E-state index in [2.05, 4.69) is 16.5 Å². The van der Waals surface area contributed by atoms with Crippen LogP contribution in [0.2, 0.25) is 5.28 Å². The largest absolute Gasteiger partial charge is 0.223 e. The lowest BCUT2D eigenvalue weighted by Gasteiger charge is -2.01. The summed E-state index contributed by atoms with van der Waals surface area (Å²) in [5.74, 6) is 0. The summed E-state index contributed by atoms with van der Waals surface area (Å²) in [6.45, 7) is 7.74. The Kier molecular flexibility index (Phi) is 3.84. The Morgan fingerprint density at radius 1 is 1.57 bits per heavy atom. The maximum atomic E-state index is 5.78. The molecule has 14 heavy (non-hydrogen) atoms. The Balaban J connectivity index is 3.00. The van der Waals surface area contributed by atoms with E-state index in [0.29, 0.717) is 0 Å². The smallest absolute Gasteiger partial charge is 0.223 e. The van der Waals surface area contributed by atoms with Gasteiger partial charge in [-0.1, -0.05) is 18.2 Å². The van der Waals surface area contributed by atoms with Gasteiger partial charge in [0, 0.05) is 12.1 Å². The third-order valence-corrected chi connectivity index (χ3v) is 1.76. The van der Waals surface area contributed by atoms with E-state index in [1.807, 2.05) is 32.1 Å². The molecule has 0 amide bonds. The van der Waals surface area contributed by atoms with Crippen LogP contribution in [0.5, 0.6) is 0 Å². The molecule has 1 heterocycles. The van der Waals surface area contributed by atoms with E-state index >= 15 is 0 Å². The van der Waals surface area contributed by atoms with Gasteiger partial charge >= 0.3 is 0 Å². The molecule has 1 aromatic heterocycles. The van der Waals surface area contributed by atoms with Gasteiger partial charge in [-0.2, -0.15) is 0 Å². The highest BCUT2D eigenvalue weighted by Crippen LogP contribution is 2.10. The second-order valence-corrected chi connectivity index (χ2v) is 3.53. The van der Waals surface area contributed by atoms with E-state index < -0.39 is 0 Å². The van der Waals surface area contributed by atoms with Crippen LogP contribution in [0.4, 0.5) is 0 Å². The number of halogens is 1. The fourth-order valence-corrected chi connectivity index (χ4v) is 1.35. The number of rotatable bonds is 3. The molecule has 1 aromatic rings. The second kappa shape index (κ2) is 4.91. The average molecular weight is 209 g/mol. The number of allylic oxidation sites excluding steroid dienone is 2. The molecule has 0 aromatic carbocycles. The Morgan fingerprint density at radius 2 is 2.29 bits per heavy atom. The van der Waals surface area contributed by atoms with Gasteiger partial charge in [0.1, 0.15) is 0 Å². The van der Waals surface area contributed by atoms with Crippen molar-refractivity contribution in [2.75, 3.05) is 0 Å². The number of hydrogen-bond acceptors (Lipinski definition) is 2. The predicted molar refractivity (Wildman–Crippen MR) is 60.3 cm³/mol. The molecule has 1 rings (SSSR count). The zero-order valence-electron chi connectivity index (χ0n) is 8.42. The van der Waals surface area contributed by atoms with E-state index in [9.17, 15) is 0 Å². The number of nitrogens with zero attached hydrogens (tertiary/aromatic N) is 2. The Labute approximate surface area is 89.3 Å². The van der Waals surface area contributed by atoms with Crippen molar-refractivity contribution < 1.29 is 0 Å². The molecule has 2 nitrogen and oxygen atoms in total. The molecule has 0 radical (unpaired) electrons. The Hall–Kier alpha value is -1.15. The molecule has 0 unspecified atom stereocenters. The lowest BCUT2D eigenvalue weighted by atomic mass is 10.1.